The summed E-state index contributed by atoms with van der Waals surface area (Å²) in [5.41, 5.74) is 1.24. The van der Waals surface area contributed by atoms with Crippen molar-refractivity contribution in [1.82, 2.24) is 4.98 Å². The molecule has 0 saturated carbocycles. The molecule has 0 aliphatic carbocycles. The van der Waals surface area contributed by atoms with Crippen LogP contribution in [0, 0.1) is 13.8 Å². The van der Waals surface area contributed by atoms with E-state index < -0.39 is 0 Å². The number of aryl methyl sites for hydroxylation is 3. The summed E-state index contributed by atoms with van der Waals surface area (Å²) >= 11 is 1.84. The summed E-state index contributed by atoms with van der Waals surface area (Å²) in [6.07, 6.45) is 3.78. The van der Waals surface area contributed by atoms with E-state index in [1.54, 1.807) is 0 Å². The van der Waals surface area contributed by atoms with Crippen LogP contribution < -0.4 is 0 Å². The van der Waals surface area contributed by atoms with Crippen LogP contribution in [-0.4, -0.2) is 4.98 Å². The molecule has 0 fully saturated rings. The molecule has 0 radical (unpaired) electrons. The summed E-state index contributed by atoms with van der Waals surface area (Å²) in [6, 6.07) is 0. The molecule has 1 aromatic heterocycles. The van der Waals surface area contributed by atoms with Gasteiger partial charge in [-0.1, -0.05) is 13.3 Å². The van der Waals surface area contributed by atoms with Gasteiger partial charge < -0.3 is 0 Å². The van der Waals surface area contributed by atoms with Crippen LogP contribution >= 0.6 is 11.3 Å². The second kappa shape index (κ2) is 3.86. The Morgan fingerprint density at radius 3 is 2.55 bits per heavy atom. The Morgan fingerprint density at radius 2 is 2.09 bits per heavy atom. The van der Waals surface area contributed by atoms with Crippen molar-refractivity contribution in [2.45, 2.75) is 40.0 Å². The predicted octanol–water partition coefficient (Wildman–Crippen LogP) is 3.10. The number of unbranched alkanes of at least 4 members (excludes halogenated alkanes) is 1. The van der Waals surface area contributed by atoms with Crippen LogP contribution in [0.15, 0.2) is 0 Å². The Kier molecular flexibility index (Phi) is 3.06. The molecule has 0 amide bonds. The molecule has 0 aliphatic rings. The monoisotopic (exact) mass is 169 g/mol. The summed E-state index contributed by atoms with van der Waals surface area (Å²) in [7, 11) is 0. The van der Waals surface area contributed by atoms with Gasteiger partial charge in [0.15, 0.2) is 0 Å². The van der Waals surface area contributed by atoms with Gasteiger partial charge in [0.2, 0.25) is 0 Å². The van der Waals surface area contributed by atoms with Crippen molar-refractivity contribution in [1.29, 1.82) is 0 Å². The van der Waals surface area contributed by atoms with E-state index >= 15 is 0 Å². The highest BCUT2D eigenvalue weighted by molar-refractivity contribution is 7.11. The Morgan fingerprint density at radius 1 is 1.36 bits per heavy atom. The van der Waals surface area contributed by atoms with E-state index in [4.69, 9.17) is 0 Å². The van der Waals surface area contributed by atoms with Gasteiger partial charge in [-0.3, -0.25) is 0 Å². The highest BCUT2D eigenvalue weighted by Crippen LogP contribution is 2.18. The molecular formula is C9H15NS. The van der Waals surface area contributed by atoms with Crippen molar-refractivity contribution in [3.05, 3.63) is 15.6 Å². The zero-order valence-electron chi connectivity index (χ0n) is 7.48. The third kappa shape index (κ3) is 2.29. The minimum atomic E-state index is 1.20. The normalized spacial score (nSPS) is 10.5. The fraction of sp³-hybridized carbons (Fsp3) is 0.667. The molecule has 0 N–H and O–H groups in total. The number of aromatic nitrogens is 1. The number of nitrogens with zero attached hydrogens (tertiary/aromatic N) is 1. The average Bonchev–Trinajstić information content (AvgIpc) is 2.26. The first kappa shape index (κ1) is 8.72. The van der Waals surface area contributed by atoms with Gasteiger partial charge in [-0.05, 0) is 26.7 Å². The lowest BCUT2D eigenvalue weighted by Gasteiger charge is -1.93. The lowest BCUT2D eigenvalue weighted by Crippen LogP contribution is -1.82. The summed E-state index contributed by atoms with van der Waals surface area (Å²) in [4.78, 5) is 5.86. The molecule has 1 heterocycles. The van der Waals surface area contributed by atoms with Gasteiger partial charge in [0.25, 0.3) is 0 Å². The summed E-state index contributed by atoms with van der Waals surface area (Å²) in [6.45, 7) is 6.41. The second-order valence-electron chi connectivity index (χ2n) is 2.85. The Labute approximate surface area is 72.5 Å². The first-order chi connectivity index (χ1) is 5.24. The van der Waals surface area contributed by atoms with Crippen LogP contribution in [0.25, 0.3) is 0 Å². The lowest BCUT2D eigenvalue weighted by molar-refractivity contribution is 0.798. The molecule has 0 saturated heterocycles. The Hall–Kier alpha value is -0.370. The van der Waals surface area contributed by atoms with Gasteiger partial charge in [-0.2, -0.15) is 0 Å². The number of hydrogen-bond donors (Lipinski definition) is 0. The molecule has 1 aromatic rings. The molecule has 11 heavy (non-hydrogen) atoms. The number of hydrogen-bond acceptors (Lipinski definition) is 2. The molecule has 0 aliphatic heterocycles. The zero-order chi connectivity index (χ0) is 8.27. The number of rotatable bonds is 3. The smallest absolute Gasteiger partial charge is 0.0900 e. The lowest BCUT2D eigenvalue weighted by atomic mass is 10.2. The molecule has 0 unspecified atom stereocenters. The Balaban J connectivity index is 2.62. The summed E-state index contributed by atoms with van der Waals surface area (Å²) < 4.78 is 0. The van der Waals surface area contributed by atoms with Gasteiger partial charge >= 0.3 is 0 Å². The van der Waals surface area contributed by atoms with Crippen LogP contribution in [0.1, 0.15) is 35.3 Å². The molecule has 0 atom stereocenters. The van der Waals surface area contributed by atoms with Crippen LogP contribution in [-0.2, 0) is 6.42 Å². The van der Waals surface area contributed by atoms with Gasteiger partial charge in [-0.25, -0.2) is 4.98 Å². The van der Waals surface area contributed by atoms with Crippen molar-refractivity contribution in [3.8, 4) is 0 Å². The van der Waals surface area contributed by atoms with Crippen LogP contribution in [0.5, 0.6) is 0 Å². The van der Waals surface area contributed by atoms with Crippen LogP contribution in [0.3, 0.4) is 0 Å². The van der Waals surface area contributed by atoms with E-state index in [1.165, 1.54) is 34.8 Å². The average molecular weight is 169 g/mol. The van der Waals surface area contributed by atoms with Crippen molar-refractivity contribution < 1.29 is 0 Å². The maximum Gasteiger partial charge on any atom is 0.0900 e. The first-order valence-corrected chi connectivity index (χ1v) is 4.98. The van der Waals surface area contributed by atoms with E-state index in [0.29, 0.717) is 0 Å². The maximum absolute atomic E-state index is 4.38. The topological polar surface area (TPSA) is 12.9 Å². The summed E-state index contributed by atoms with van der Waals surface area (Å²) in [5.74, 6) is 0. The standard InChI is InChI=1S/C9H15NS/c1-4-5-6-9-7(2)10-8(3)11-9/h4-6H2,1-3H3. The van der Waals surface area contributed by atoms with E-state index in [0.717, 1.165) is 0 Å². The van der Waals surface area contributed by atoms with Crippen molar-refractivity contribution in [2.24, 2.45) is 0 Å². The van der Waals surface area contributed by atoms with Crippen LogP contribution in [0.4, 0.5) is 0 Å². The quantitative estimate of drug-likeness (QED) is 0.677. The largest absolute Gasteiger partial charge is 0.247 e. The fourth-order valence-electron chi connectivity index (χ4n) is 1.14. The van der Waals surface area contributed by atoms with Gasteiger partial charge in [-0.15, -0.1) is 11.3 Å². The molecule has 1 nitrogen and oxygen atoms in total. The van der Waals surface area contributed by atoms with E-state index in [-0.39, 0.29) is 0 Å². The number of thiazole rings is 1. The fourth-order valence-corrected chi connectivity index (χ4v) is 2.12. The maximum atomic E-state index is 4.38. The highest BCUT2D eigenvalue weighted by atomic mass is 32.1. The van der Waals surface area contributed by atoms with Crippen molar-refractivity contribution in [3.63, 3.8) is 0 Å². The van der Waals surface area contributed by atoms with Gasteiger partial charge in [0.05, 0.1) is 10.7 Å². The molecular weight excluding hydrogens is 154 g/mol. The molecule has 0 spiro atoms. The molecule has 2 heteroatoms. The second-order valence-corrected chi connectivity index (χ2v) is 4.13. The van der Waals surface area contributed by atoms with E-state index in [9.17, 15) is 0 Å². The van der Waals surface area contributed by atoms with Gasteiger partial charge in [0.1, 0.15) is 0 Å². The molecule has 0 aromatic carbocycles. The van der Waals surface area contributed by atoms with E-state index in [2.05, 4.69) is 25.8 Å². The van der Waals surface area contributed by atoms with Crippen LogP contribution in [0.2, 0.25) is 0 Å². The minimum Gasteiger partial charge on any atom is -0.247 e. The molecule has 1 rings (SSSR count). The predicted molar refractivity (Wildman–Crippen MR) is 50.2 cm³/mol. The molecule has 0 bridgehead atoms. The Bertz CT molecular complexity index is 227. The molecule has 62 valence electrons. The zero-order valence-corrected chi connectivity index (χ0v) is 8.29. The van der Waals surface area contributed by atoms with E-state index in [1.807, 2.05) is 11.3 Å². The highest BCUT2D eigenvalue weighted by Gasteiger charge is 2.02. The third-order valence-electron chi connectivity index (χ3n) is 1.76. The third-order valence-corrected chi connectivity index (χ3v) is 2.89. The first-order valence-electron chi connectivity index (χ1n) is 4.17. The van der Waals surface area contributed by atoms with Gasteiger partial charge in [0, 0.05) is 4.88 Å². The minimum absolute atomic E-state index is 1.20. The van der Waals surface area contributed by atoms with Crippen molar-refractivity contribution in [2.75, 3.05) is 0 Å². The SMILES string of the molecule is CCCCc1sc(C)nc1C. The summed E-state index contributed by atoms with van der Waals surface area (Å²) in [5, 5.41) is 1.20. The van der Waals surface area contributed by atoms with Crippen molar-refractivity contribution >= 4 is 11.3 Å².